The first-order chi connectivity index (χ1) is 12.2. The SMILES string of the molecule is CCNC(=NCc1ccc(OC(C)C)nc1)NCCCn1cccn1. The molecule has 0 amide bonds. The maximum Gasteiger partial charge on any atom is 0.213 e. The van der Waals surface area contributed by atoms with Crippen molar-refractivity contribution in [1.29, 1.82) is 0 Å². The number of aromatic nitrogens is 3. The van der Waals surface area contributed by atoms with Crippen molar-refractivity contribution in [3.63, 3.8) is 0 Å². The Morgan fingerprint density at radius 1 is 1.32 bits per heavy atom. The van der Waals surface area contributed by atoms with Crippen molar-refractivity contribution in [2.45, 2.75) is 46.4 Å². The number of hydrogen-bond acceptors (Lipinski definition) is 4. The van der Waals surface area contributed by atoms with Gasteiger partial charge in [0.2, 0.25) is 5.88 Å². The number of aliphatic imine (C=N–C) groups is 1. The molecule has 0 saturated carbocycles. The Kier molecular flexibility index (Phi) is 7.75. The first kappa shape index (κ1) is 18.8. The highest BCUT2D eigenvalue weighted by Crippen LogP contribution is 2.10. The van der Waals surface area contributed by atoms with E-state index in [9.17, 15) is 0 Å². The van der Waals surface area contributed by atoms with E-state index in [1.54, 1.807) is 6.20 Å². The van der Waals surface area contributed by atoms with Gasteiger partial charge in [0.05, 0.1) is 12.6 Å². The van der Waals surface area contributed by atoms with Crippen LogP contribution in [0.1, 0.15) is 32.8 Å². The topological polar surface area (TPSA) is 76.4 Å². The van der Waals surface area contributed by atoms with E-state index in [2.05, 4.69) is 32.6 Å². The predicted molar refractivity (Wildman–Crippen MR) is 99.7 cm³/mol. The Morgan fingerprint density at radius 2 is 2.20 bits per heavy atom. The molecular weight excluding hydrogens is 316 g/mol. The van der Waals surface area contributed by atoms with Crippen molar-refractivity contribution in [3.05, 3.63) is 42.4 Å². The van der Waals surface area contributed by atoms with Gasteiger partial charge in [-0.3, -0.25) is 4.68 Å². The summed E-state index contributed by atoms with van der Waals surface area (Å²) in [6, 6.07) is 5.81. The van der Waals surface area contributed by atoms with E-state index in [1.165, 1.54) is 0 Å². The van der Waals surface area contributed by atoms with Crippen LogP contribution in [0.4, 0.5) is 0 Å². The third kappa shape index (κ3) is 7.24. The smallest absolute Gasteiger partial charge is 0.213 e. The fraction of sp³-hybridized carbons (Fsp3) is 0.500. The molecule has 7 nitrogen and oxygen atoms in total. The summed E-state index contributed by atoms with van der Waals surface area (Å²) in [5.41, 5.74) is 1.05. The Labute approximate surface area is 149 Å². The first-order valence-electron chi connectivity index (χ1n) is 8.78. The summed E-state index contributed by atoms with van der Waals surface area (Å²) in [6.45, 7) is 9.15. The molecule has 0 spiro atoms. The number of rotatable bonds is 9. The van der Waals surface area contributed by atoms with E-state index in [0.717, 1.165) is 37.6 Å². The molecule has 2 N–H and O–H groups in total. The minimum atomic E-state index is 0.127. The summed E-state index contributed by atoms with van der Waals surface area (Å²) in [5.74, 6) is 1.46. The van der Waals surface area contributed by atoms with Crippen LogP contribution in [0.3, 0.4) is 0 Å². The molecule has 0 bridgehead atoms. The van der Waals surface area contributed by atoms with Crippen LogP contribution in [0.5, 0.6) is 5.88 Å². The first-order valence-corrected chi connectivity index (χ1v) is 8.78. The van der Waals surface area contributed by atoms with E-state index in [-0.39, 0.29) is 6.10 Å². The van der Waals surface area contributed by atoms with E-state index in [0.29, 0.717) is 12.4 Å². The quantitative estimate of drug-likeness (QED) is 0.414. The molecule has 0 fully saturated rings. The van der Waals surface area contributed by atoms with Crippen molar-refractivity contribution in [1.82, 2.24) is 25.4 Å². The molecule has 0 aliphatic heterocycles. The lowest BCUT2D eigenvalue weighted by molar-refractivity contribution is 0.232. The van der Waals surface area contributed by atoms with E-state index in [1.807, 2.05) is 49.1 Å². The van der Waals surface area contributed by atoms with Gasteiger partial charge < -0.3 is 15.4 Å². The highest BCUT2D eigenvalue weighted by Gasteiger charge is 2.01. The summed E-state index contributed by atoms with van der Waals surface area (Å²) >= 11 is 0. The third-order valence-electron chi connectivity index (χ3n) is 3.33. The number of hydrogen-bond donors (Lipinski definition) is 2. The normalized spacial score (nSPS) is 11.6. The number of ether oxygens (including phenoxy) is 1. The molecule has 0 radical (unpaired) electrons. The average Bonchev–Trinajstić information content (AvgIpc) is 3.10. The molecule has 25 heavy (non-hydrogen) atoms. The maximum atomic E-state index is 5.55. The van der Waals surface area contributed by atoms with Gasteiger partial charge in [-0.25, -0.2) is 9.98 Å². The second-order valence-electron chi connectivity index (χ2n) is 5.92. The van der Waals surface area contributed by atoms with Gasteiger partial charge in [-0.1, -0.05) is 6.07 Å². The summed E-state index contributed by atoms with van der Waals surface area (Å²) < 4.78 is 7.48. The van der Waals surface area contributed by atoms with Crippen molar-refractivity contribution in [2.24, 2.45) is 4.99 Å². The molecular formula is C18H28N6O. The number of nitrogens with zero attached hydrogens (tertiary/aromatic N) is 4. The van der Waals surface area contributed by atoms with Gasteiger partial charge in [-0.15, -0.1) is 0 Å². The zero-order valence-corrected chi connectivity index (χ0v) is 15.3. The van der Waals surface area contributed by atoms with Crippen LogP contribution >= 0.6 is 0 Å². The Morgan fingerprint density at radius 3 is 2.84 bits per heavy atom. The van der Waals surface area contributed by atoms with Crippen molar-refractivity contribution in [2.75, 3.05) is 13.1 Å². The number of aryl methyl sites for hydroxylation is 1. The molecule has 0 saturated heterocycles. The second kappa shape index (κ2) is 10.3. The number of pyridine rings is 1. The van der Waals surface area contributed by atoms with Crippen LogP contribution in [0.25, 0.3) is 0 Å². The molecule has 0 aliphatic rings. The van der Waals surface area contributed by atoms with Gasteiger partial charge in [-0.2, -0.15) is 5.10 Å². The van der Waals surface area contributed by atoms with Gasteiger partial charge in [-0.05, 0) is 38.8 Å². The molecule has 0 aliphatic carbocycles. The monoisotopic (exact) mass is 344 g/mol. The Balaban J connectivity index is 1.79. The Bertz CT molecular complexity index is 622. The van der Waals surface area contributed by atoms with E-state index >= 15 is 0 Å². The van der Waals surface area contributed by atoms with Gasteiger partial charge in [0.25, 0.3) is 0 Å². The molecule has 0 unspecified atom stereocenters. The summed E-state index contributed by atoms with van der Waals surface area (Å²) in [6.07, 6.45) is 6.68. The molecule has 2 rings (SSSR count). The van der Waals surface area contributed by atoms with E-state index < -0.39 is 0 Å². The number of guanidine groups is 1. The largest absolute Gasteiger partial charge is 0.475 e. The summed E-state index contributed by atoms with van der Waals surface area (Å²) in [5, 5.41) is 10.8. The molecule has 2 aromatic rings. The molecule has 0 aromatic carbocycles. The van der Waals surface area contributed by atoms with Crippen LogP contribution in [0.2, 0.25) is 0 Å². The van der Waals surface area contributed by atoms with Crippen molar-refractivity contribution < 1.29 is 4.74 Å². The van der Waals surface area contributed by atoms with Crippen molar-refractivity contribution in [3.8, 4) is 5.88 Å². The zero-order valence-electron chi connectivity index (χ0n) is 15.3. The fourth-order valence-corrected chi connectivity index (χ4v) is 2.21. The van der Waals surface area contributed by atoms with E-state index in [4.69, 9.17) is 4.74 Å². The van der Waals surface area contributed by atoms with Crippen LogP contribution in [-0.4, -0.2) is 39.9 Å². The molecule has 0 atom stereocenters. The van der Waals surface area contributed by atoms with Crippen LogP contribution in [0.15, 0.2) is 41.8 Å². The van der Waals surface area contributed by atoms with Crippen LogP contribution < -0.4 is 15.4 Å². The van der Waals surface area contributed by atoms with Crippen LogP contribution in [0, 0.1) is 0 Å². The molecule has 2 heterocycles. The zero-order chi connectivity index (χ0) is 17.9. The summed E-state index contributed by atoms with van der Waals surface area (Å²) in [7, 11) is 0. The molecule has 136 valence electrons. The second-order valence-corrected chi connectivity index (χ2v) is 5.92. The summed E-state index contributed by atoms with van der Waals surface area (Å²) in [4.78, 5) is 8.90. The Hall–Kier alpha value is -2.57. The van der Waals surface area contributed by atoms with Gasteiger partial charge in [0.15, 0.2) is 5.96 Å². The standard InChI is InChI=1S/C18H28N6O/c1-4-19-18(20-9-5-11-24-12-6-10-23-24)22-14-16-7-8-17(21-13-16)25-15(2)3/h6-8,10,12-13,15H,4-5,9,11,14H2,1-3H3,(H2,19,20,22). The third-order valence-corrected chi connectivity index (χ3v) is 3.33. The average molecular weight is 344 g/mol. The maximum absolute atomic E-state index is 5.55. The van der Waals surface area contributed by atoms with Crippen molar-refractivity contribution >= 4 is 5.96 Å². The van der Waals surface area contributed by atoms with Gasteiger partial charge in [0, 0.05) is 44.3 Å². The van der Waals surface area contributed by atoms with Gasteiger partial charge >= 0.3 is 0 Å². The lowest BCUT2D eigenvalue weighted by atomic mass is 10.3. The lowest BCUT2D eigenvalue weighted by Gasteiger charge is -2.11. The minimum Gasteiger partial charge on any atom is -0.475 e. The number of nitrogens with one attached hydrogen (secondary N) is 2. The highest BCUT2D eigenvalue weighted by molar-refractivity contribution is 5.79. The highest BCUT2D eigenvalue weighted by atomic mass is 16.5. The fourth-order valence-electron chi connectivity index (χ4n) is 2.21. The lowest BCUT2D eigenvalue weighted by Crippen LogP contribution is -2.38. The van der Waals surface area contributed by atoms with Gasteiger partial charge in [0.1, 0.15) is 0 Å². The molecule has 7 heteroatoms. The predicted octanol–water partition coefficient (Wildman–Crippen LogP) is 2.21. The minimum absolute atomic E-state index is 0.127. The molecule has 2 aromatic heterocycles. The van der Waals surface area contributed by atoms with Crippen LogP contribution in [-0.2, 0) is 13.1 Å².